The Hall–Kier alpha value is -2.88. The van der Waals surface area contributed by atoms with Crippen LogP contribution in [0.5, 0.6) is 0 Å². The maximum atomic E-state index is 12.8. The molecule has 0 radical (unpaired) electrons. The Bertz CT molecular complexity index is 1220. The van der Waals surface area contributed by atoms with Crippen molar-refractivity contribution in [3.63, 3.8) is 0 Å². The summed E-state index contributed by atoms with van der Waals surface area (Å²) in [5, 5.41) is 0.323. The number of piperazine rings is 1. The summed E-state index contributed by atoms with van der Waals surface area (Å²) in [5.41, 5.74) is 0.779. The number of rotatable bonds is 5. The van der Waals surface area contributed by atoms with E-state index in [1.807, 2.05) is 4.90 Å². The van der Waals surface area contributed by atoms with E-state index in [-0.39, 0.29) is 20.8 Å². The zero-order valence-corrected chi connectivity index (χ0v) is 19.1. The Labute approximate surface area is 195 Å². The molecule has 1 saturated heterocycles. The number of aromatic nitrogens is 2. The molecule has 2 aromatic carbocycles. The minimum absolute atomic E-state index is 0.0637. The van der Waals surface area contributed by atoms with Gasteiger partial charge < -0.3 is 9.80 Å². The lowest BCUT2D eigenvalue weighted by Crippen LogP contribution is -2.49. The molecule has 166 valence electrons. The molecule has 32 heavy (non-hydrogen) atoms. The molecule has 2 heterocycles. The summed E-state index contributed by atoms with van der Waals surface area (Å²) >= 11 is 11.9. The van der Waals surface area contributed by atoms with Gasteiger partial charge in [-0.05, 0) is 48.5 Å². The lowest BCUT2D eigenvalue weighted by atomic mass is 10.1. The van der Waals surface area contributed by atoms with Crippen LogP contribution in [0.2, 0.25) is 10.0 Å². The molecule has 1 amide bonds. The van der Waals surface area contributed by atoms with Crippen LogP contribution in [-0.4, -0.2) is 55.4 Å². The Morgan fingerprint density at radius 1 is 0.938 bits per heavy atom. The third-order valence-corrected chi connectivity index (χ3v) is 7.07. The monoisotopic (exact) mass is 491 g/mol. The van der Waals surface area contributed by atoms with E-state index in [2.05, 4.69) is 14.7 Å². The second kappa shape index (κ2) is 9.32. The average molecular weight is 492 g/mol. The van der Waals surface area contributed by atoms with Crippen molar-refractivity contribution in [1.82, 2.24) is 14.9 Å². The van der Waals surface area contributed by atoms with Gasteiger partial charge in [0.05, 0.1) is 5.02 Å². The van der Waals surface area contributed by atoms with Crippen molar-refractivity contribution < 1.29 is 13.2 Å². The van der Waals surface area contributed by atoms with Crippen LogP contribution in [0.3, 0.4) is 0 Å². The number of amides is 1. The molecule has 4 rings (SSSR count). The number of nitrogens with zero attached hydrogens (tertiary/aromatic N) is 4. The fourth-order valence-electron chi connectivity index (χ4n) is 3.32. The summed E-state index contributed by atoms with van der Waals surface area (Å²) in [6.07, 6.45) is 3.38. The number of carbonyl (C=O) groups excluding carboxylic acids is 1. The second-order valence-electron chi connectivity index (χ2n) is 7.09. The molecule has 0 aliphatic carbocycles. The van der Waals surface area contributed by atoms with E-state index in [4.69, 9.17) is 23.2 Å². The van der Waals surface area contributed by atoms with Gasteiger partial charge in [0.15, 0.2) is 0 Å². The van der Waals surface area contributed by atoms with E-state index in [9.17, 15) is 13.2 Å². The number of carbonyl (C=O) groups is 1. The largest absolute Gasteiger partial charge is 0.337 e. The van der Waals surface area contributed by atoms with E-state index in [0.29, 0.717) is 43.4 Å². The van der Waals surface area contributed by atoms with Gasteiger partial charge in [0.2, 0.25) is 5.95 Å². The van der Waals surface area contributed by atoms with E-state index in [0.717, 1.165) is 0 Å². The molecule has 1 fully saturated rings. The van der Waals surface area contributed by atoms with E-state index in [1.165, 1.54) is 30.3 Å². The number of sulfonamides is 1. The van der Waals surface area contributed by atoms with Crippen LogP contribution in [0, 0.1) is 0 Å². The normalized spacial score (nSPS) is 14.3. The first-order chi connectivity index (χ1) is 15.3. The van der Waals surface area contributed by atoms with Gasteiger partial charge in [-0.1, -0.05) is 23.2 Å². The van der Waals surface area contributed by atoms with Gasteiger partial charge in [-0.2, -0.15) is 0 Å². The van der Waals surface area contributed by atoms with Crippen molar-refractivity contribution in [1.29, 1.82) is 0 Å². The first-order valence-electron chi connectivity index (χ1n) is 9.73. The van der Waals surface area contributed by atoms with Gasteiger partial charge in [-0.15, -0.1) is 0 Å². The predicted octanol–water partition coefficient (Wildman–Crippen LogP) is 3.55. The van der Waals surface area contributed by atoms with E-state index >= 15 is 0 Å². The molecule has 0 spiro atoms. The standard InChI is InChI=1S/C21H19Cl2N5O3S/c22-16-4-7-18(23)19(14-16)32(30,31)26-17-5-2-15(3-6-17)20(29)27-10-12-28(13-11-27)21-24-8-1-9-25-21/h1-9,14,26H,10-13H2. The van der Waals surface area contributed by atoms with Crippen molar-refractivity contribution in [3.05, 3.63) is 76.5 Å². The minimum atomic E-state index is -3.93. The van der Waals surface area contributed by atoms with Gasteiger partial charge >= 0.3 is 0 Å². The van der Waals surface area contributed by atoms with Crippen LogP contribution in [0.25, 0.3) is 0 Å². The summed E-state index contributed by atoms with van der Waals surface area (Å²) in [6.45, 7) is 2.35. The highest BCUT2D eigenvalue weighted by molar-refractivity contribution is 7.92. The molecular formula is C21H19Cl2N5O3S. The fraction of sp³-hybridized carbons (Fsp3) is 0.190. The van der Waals surface area contributed by atoms with Crippen LogP contribution in [-0.2, 0) is 10.0 Å². The molecule has 8 nitrogen and oxygen atoms in total. The fourth-order valence-corrected chi connectivity index (χ4v) is 5.14. The van der Waals surface area contributed by atoms with Crippen molar-refractivity contribution >= 4 is 50.8 Å². The molecule has 1 aromatic heterocycles. The molecule has 11 heteroatoms. The number of anilines is 2. The van der Waals surface area contributed by atoms with Crippen LogP contribution >= 0.6 is 23.2 Å². The van der Waals surface area contributed by atoms with Crippen LogP contribution in [0.15, 0.2) is 65.8 Å². The average Bonchev–Trinajstić information content (AvgIpc) is 2.81. The minimum Gasteiger partial charge on any atom is -0.337 e. The lowest BCUT2D eigenvalue weighted by molar-refractivity contribution is 0.0746. The molecule has 0 atom stereocenters. The molecule has 3 aromatic rings. The Morgan fingerprint density at radius 3 is 2.25 bits per heavy atom. The lowest BCUT2D eigenvalue weighted by Gasteiger charge is -2.34. The first-order valence-corrected chi connectivity index (χ1v) is 12.0. The highest BCUT2D eigenvalue weighted by atomic mass is 35.5. The molecule has 0 saturated carbocycles. The topological polar surface area (TPSA) is 95.5 Å². The van der Waals surface area contributed by atoms with E-state index < -0.39 is 10.0 Å². The Kier molecular flexibility index (Phi) is 6.50. The SMILES string of the molecule is O=C(c1ccc(NS(=O)(=O)c2cc(Cl)ccc2Cl)cc1)N1CCN(c2ncccn2)CC1. The third-order valence-electron chi connectivity index (χ3n) is 4.97. The molecule has 0 unspecified atom stereocenters. The Morgan fingerprint density at radius 2 is 1.59 bits per heavy atom. The summed E-state index contributed by atoms with van der Waals surface area (Å²) in [6, 6.07) is 12.2. The zero-order valence-electron chi connectivity index (χ0n) is 16.8. The van der Waals surface area contributed by atoms with Crippen LogP contribution < -0.4 is 9.62 Å². The van der Waals surface area contributed by atoms with Crippen molar-refractivity contribution in [2.24, 2.45) is 0 Å². The van der Waals surface area contributed by atoms with Crippen molar-refractivity contribution in [3.8, 4) is 0 Å². The molecule has 1 aliphatic heterocycles. The smallest absolute Gasteiger partial charge is 0.263 e. The quantitative estimate of drug-likeness (QED) is 0.586. The maximum Gasteiger partial charge on any atom is 0.263 e. The van der Waals surface area contributed by atoms with Gasteiger partial charge in [0.25, 0.3) is 15.9 Å². The molecule has 1 aliphatic rings. The predicted molar refractivity (Wildman–Crippen MR) is 124 cm³/mol. The second-order valence-corrected chi connectivity index (χ2v) is 9.58. The zero-order chi connectivity index (χ0) is 22.7. The van der Waals surface area contributed by atoms with Crippen molar-refractivity contribution in [2.75, 3.05) is 35.8 Å². The van der Waals surface area contributed by atoms with Gasteiger partial charge in [-0.25, -0.2) is 18.4 Å². The summed E-state index contributed by atoms with van der Waals surface area (Å²) in [4.78, 5) is 25.0. The van der Waals surface area contributed by atoms with Gasteiger partial charge in [0.1, 0.15) is 4.90 Å². The van der Waals surface area contributed by atoms with Gasteiger partial charge in [0, 0.05) is 54.8 Å². The summed E-state index contributed by atoms with van der Waals surface area (Å²) in [5.74, 6) is 0.530. The van der Waals surface area contributed by atoms with Crippen LogP contribution in [0.4, 0.5) is 11.6 Å². The van der Waals surface area contributed by atoms with Crippen molar-refractivity contribution in [2.45, 2.75) is 4.90 Å². The maximum absolute atomic E-state index is 12.8. The molecule has 0 bridgehead atoms. The van der Waals surface area contributed by atoms with Crippen LogP contribution in [0.1, 0.15) is 10.4 Å². The highest BCUT2D eigenvalue weighted by Gasteiger charge is 2.24. The number of halogens is 2. The highest BCUT2D eigenvalue weighted by Crippen LogP contribution is 2.27. The van der Waals surface area contributed by atoms with E-state index in [1.54, 1.807) is 35.5 Å². The third kappa shape index (κ3) is 4.95. The molecule has 1 N–H and O–H groups in total. The molecular weight excluding hydrogens is 473 g/mol. The van der Waals surface area contributed by atoms with Gasteiger partial charge in [-0.3, -0.25) is 9.52 Å². The summed E-state index contributed by atoms with van der Waals surface area (Å²) < 4.78 is 27.7. The number of hydrogen-bond donors (Lipinski definition) is 1. The Balaban J connectivity index is 1.40. The number of nitrogens with one attached hydrogen (secondary N) is 1. The number of benzene rings is 2. The number of hydrogen-bond acceptors (Lipinski definition) is 6. The first kappa shape index (κ1) is 22.3. The summed E-state index contributed by atoms with van der Waals surface area (Å²) in [7, 11) is -3.93.